The fraction of sp³-hybridized carbons (Fsp3) is 0.591. The van der Waals surface area contributed by atoms with Gasteiger partial charge in [-0.2, -0.15) is 0 Å². The van der Waals surface area contributed by atoms with Crippen LogP contribution >= 0.6 is 0 Å². The van der Waals surface area contributed by atoms with Crippen LogP contribution in [-0.2, 0) is 19.1 Å². The second-order valence-corrected chi connectivity index (χ2v) is 8.14. The maximum absolute atomic E-state index is 13.9. The number of carbonyl (C=O) groups excluding carboxylic acids is 3. The van der Waals surface area contributed by atoms with Gasteiger partial charge in [-0.05, 0) is 37.3 Å². The van der Waals surface area contributed by atoms with E-state index in [1.54, 1.807) is 17.0 Å². The minimum absolute atomic E-state index is 0.00859. The van der Waals surface area contributed by atoms with Crippen LogP contribution in [-0.4, -0.2) is 60.5 Å². The third-order valence-corrected chi connectivity index (χ3v) is 6.50. The Morgan fingerprint density at radius 1 is 1.28 bits per heavy atom. The van der Waals surface area contributed by atoms with Gasteiger partial charge >= 0.3 is 0 Å². The van der Waals surface area contributed by atoms with E-state index >= 15 is 0 Å². The maximum atomic E-state index is 13.9. The third kappa shape index (κ3) is 3.57. The van der Waals surface area contributed by atoms with Crippen LogP contribution in [0.25, 0.3) is 0 Å². The molecular formula is C22H28N2O5. The number of rotatable bonds is 6. The van der Waals surface area contributed by atoms with Gasteiger partial charge in [0, 0.05) is 12.2 Å². The van der Waals surface area contributed by atoms with Crippen molar-refractivity contribution >= 4 is 17.6 Å². The Bertz CT molecular complexity index is 804. The molecule has 7 heteroatoms. The van der Waals surface area contributed by atoms with Gasteiger partial charge < -0.3 is 20.1 Å². The van der Waals surface area contributed by atoms with Crippen LogP contribution in [0, 0.1) is 5.92 Å². The number of likely N-dealkylation sites (tertiary alicyclic amines) is 1. The maximum Gasteiger partial charge on any atom is 0.249 e. The normalized spacial score (nSPS) is 28.0. The molecule has 2 heterocycles. The molecule has 3 fully saturated rings. The molecule has 2 amide bonds. The molecule has 1 saturated carbocycles. The predicted octanol–water partition coefficient (Wildman–Crippen LogP) is 1.64. The summed E-state index contributed by atoms with van der Waals surface area (Å²) in [5, 5.41) is 0. The number of nitrogens with zero attached hydrogens (tertiary/aromatic N) is 1. The summed E-state index contributed by atoms with van der Waals surface area (Å²) in [6, 6.07) is 6.47. The highest BCUT2D eigenvalue weighted by atomic mass is 16.6. The second-order valence-electron chi connectivity index (χ2n) is 8.14. The summed E-state index contributed by atoms with van der Waals surface area (Å²) in [6.45, 7) is 2.72. The number of primary amides is 1. The molecule has 2 aliphatic heterocycles. The van der Waals surface area contributed by atoms with E-state index in [0.717, 1.165) is 25.7 Å². The number of Topliss-reactive ketones (excluding diaryl/α,β-unsaturated/α-hetero) is 1. The summed E-state index contributed by atoms with van der Waals surface area (Å²) < 4.78 is 11.4. The largest absolute Gasteiger partial charge is 0.374 e. The van der Waals surface area contributed by atoms with Crippen LogP contribution in [0.3, 0.4) is 0 Å². The number of carbonyl (C=O) groups is 3. The van der Waals surface area contributed by atoms with Crippen LogP contribution in [0.4, 0.5) is 0 Å². The Morgan fingerprint density at radius 2 is 2.00 bits per heavy atom. The molecular weight excluding hydrogens is 372 g/mol. The summed E-state index contributed by atoms with van der Waals surface area (Å²) in [6.07, 6.45) is 3.24. The van der Waals surface area contributed by atoms with Crippen molar-refractivity contribution in [1.82, 2.24) is 4.90 Å². The molecule has 2 saturated heterocycles. The average Bonchev–Trinajstić information content (AvgIpc) is 3.43. The zero-order valence-corrected chi connectivity index (χ0v) is 16.7. The van der Waals surface area contributed by atoms with Crippen molar-refractivity contribution in [1.29, 1.82) is 0 Å². The molecule has 4 atom stereocenters. The summed E-state index contributed by atoms with van der Waals surface area (Å²) >= 11 is 0. The molecule has 4 rings (SSSR count). The summed E-state index contributed by atoms with van der Waals surface area (Å²) in [5.41, 5.74) is 6.66. The number of fused-ring (bicyclic) bond motifs is 1. The van der Waals surface area contributed by atoms with Gasteiger partial charge in [0.15, 0.2) is 5.78 Å². The van der Waals surface area contributed by atoms with Gasteiger partial charge in [0.05, 0.1) is 12.5 Å². The standard InChI is InChI=1S/C22H28N2O5/c1-2-28-17-11-24(19-16(25)12-29-20(17)19)22(27)18(13-7-3-4-8-13)14-9-5-6-10-15(14)21(23)26/h5-6,9-10,13,17-20H,2-4,7-8,11-12H2,1H3,(H2,23,26)/t17-,18-,19+,20+/m0/s1. The molecule has 3 aliphatic rings. The lowest BCUT2D eigenvalue weighted by Crippen LogP contribution is -2.45. The topological polar surface area (TPSA) is 98.9 Å². The smallest absolute Gasteiger partial charge is 0.249 e. The van der Waals surface area contributed by atoms with Gasteiger partial charge in [-0.25, -0.2) is 0 Å². The molecule has 0 aromatic heterocycles. The number of hydrogen-bond donors (Lipinski definition) is 1. The van der Waals surface area contributed by atoms with E-state index < -0.39 is 24.0 Å². The molecule has 29 heavy (non-hydrogen) atoms. The highest BCUT2D eigenvalue weighted by molar-refractivity contribution is 5.99. The van der Waals surface area contributed by atoms with Crippen LogP contribution in [0.15, 0.2) is 24.3 Å². The van der Waals surface area contributed by atoms with E-state index in [2.05, 4.69) is 0 Å². The Balaban J connectivity index is 1.71. The monoisotopic (exact) mass is 400 g/mol. The first-order chi connectivity index (χ1) is 14.0. The first-order valence-electron chi connectivity index (χ1n) is 10.5. The first kappa shape index (κ1) is 20.0. The fourth-order valence-electron chi connectivity index (χ4n) is 5.25. The van der Waals surface area contributed by atoms with E-state index in [1.165, 1.54) is 0 Å². The molecule has 0 spiro atoms. The molecule has 1 aliphatic carbocycles. The van der Waals surface area contributed by atoms with Crippen molar-refractivity contribution < 1.29 is 23.9 Å². The number of benzene rings is 1. The van der Waals surface area contributed by atoms with Gasteiger partial charge in [0.2, 0.25) is 11.8 Å². The summed E-state index contributed by atoms with van der Waals surface area (Å²) in [7, 11) is 0. The van der Waals surface area contributed by atoms with E-state index in [1.807, 2.05) is 19.1 Å². The molecule has 2 N–H and O–H groups in total. The first-order valence-corrected chi connectivity index (χ1v) is 10.5. The molecule has 156 valence electrons. The fourth-order valence-corrected chi connectivity index (χ4v) is 5.25. The van der Waals surface area contributed by atoms with E-state index in [4.69, 9.17) is 15.2 Å². The number of amides is 2. The number of nitrogens with two attached hydrogens (primary N) is 1. The van der Waals surface area contributed by atoms with Gasteiger partial charge in [0.1, 0.15) is 24.9 Å². The van der Waals surface area contributed by atoms with Gasteiger partial charge in [-0.3, -0.25) is 14.4 Å². The van der Waals surface area contributed by atoms with Crippen LogP contribution in [0.5, 0.6) is 0 Å². The van der Waals surface area contributed by atoms with Crippen molar-refractivity contribution in [3.63, 3.8) is 0 Å². The summed E-state index contributed by atoms with van der Waals surface area (Å²) in [4.78, 5) is 40.1. The Labute approximate surface area is 170 Å². The van der Waals surface area contributed by atoms with Crippen molar-refractivity contribution in [2.45, 2.75) is 56.8 Å². The van der Waals surface area contributed by atoms with Crippen molar-refractivity contribution in [2.75, 3.05) is 19.8 Å². The minimum Gasteiger partial charge on any atom is -0.374 e. The highest BCUT2D eigenvalue weighted by Crippen LogP contribution is 2.42. The van der Waals surface area contributed by atoms with Crippen LogP contribution in [0.1, 0.15) is 54.4 Å². The molecule has 0 bridgehead atoms. The number of ketones is 1. The van der Waals surface area contributed by atoms with Crippen molar-refractivity contribution in [3.8, 4) is 0 Å². The lowest BCUT2D eigenvalue weighted by Gasteiger charge is -2.31. The van der Waals surface area contributed by atoms with Crippen molar-refractivity contribution in [3.05, 3.63) is 35.4 Å². The number of hydrogen-bond acceptors (Lipinski definition) is 5. The zero-order chi connectivity index (χ0) is 20.5. The Kier molecular flexibility index (Phi) is 5.69. The SMILES string of the molecule is CCO[C@H]1CN(C(=O)[C@H](c2ccccc2C(N)=O)C2CCCC2)[C@@H]2C(=O)CO[C@H]12. The average molecular weight is 400 g/mol. The van der Waals surface area contributed by atoms with Gasteiger partial charge in [-0.1, -0.05) is 31.0 Å². The Morgan fingerprint density at radius 3 is 2.69 bits per heavy atom. The van der Waals surface area contributed by atoms with Crippen LogP contribution < -0.4 is 5.73 Å². The zero-order valence-electron chi connectivity index (χ0n) is 16.7. The predicted molar refractivity (Wildman–Crippen MR) is 105 cm³/mol. The van der Waals surface area contributed by atoms with Crippen LogP contribution in [0.2, 0.25) is 0 Å². The van der Waals surface area contributed by atoms with E-state index in [9.17, 15) is 14.4 Å². The Hall–Kier alpha value is -2.25. The van der Waals surface area contributed by atoms with E-state index in [-0.39, 0.29) is 30.3 Å². The minimum atomic E-state index is -0.608. The summed E-state index contributed by atoms with van der Waals surface area (Å²) in [5.74, 6) is -1.11. The van der Waals surface area contributed by atoms with E-state index in [0.29, 0.717) is 24.3 Å². The molecule has 1 aromatic rings. The molecule has 1 aromatic carbocycles. The molecule has 0 unspecified atom stereocenters. The lowest BCUT2D eigenvalue weighted by atomic mass is 9.81. The van der Waals surface area contributed by atoms with Crippen molar-refractivity contribution in [2.24, 2.45) is 11.7 Å². The second kappa shape index (κ2) is 8.24. The van der Waals surface area contributed by atoms with Gasteiger partial charge in [0.25, 0.3) is 0 Å². The van der Waals surface area contributed by atoms with Gasteiger partial charge in [-0.15, -0.1) is 0 Å². The molecule has 7 nitrogen and oxygen atoms in total. The lowest BCUT2D eigenvalue weighted by molar-refractivity contribution is -0.139. The number of ether oxygens (including phenoxy) is 2. The third-order valence-electron chi connectivity index (χ3n) is 6.50. The highest BCUT2D eigenvalue weighted by Gasteiger charge is 2.54. The molecule has 0 radical (unpaired) electrons. The quantitative estimate of drug-likeness (QED) is 0.783.